The third-order valence-corrected chi connectivity index (χ3v) is 3.34. The number of hydrogen-bond acceptors (Lipinski definition) is 4. The molecular weight excluding hydrogens is 268 g/mol. The Balaban J connectivity index is 2.09. The quantitative estimate of drug-likeness (QED) is 0.526. The standard InChI is InChI=1S/C16H14N2O3/c1-2-5-11-8-9-12(10-14(11)18(19)20)16-17-13-6-3-4-7-15(13)21-16/h3-4,6-10H,2,5H2,1H3. The van der Waals surface area contributed by atoms with E-state index in [1.807, 2.05) is 37.3 Å². The van der Waals surface area contributed by atoms with E-state index < -0.39 is 0 Å². The zero-order chi connectivity index (χ0) is 14.8. The van der Waals surface area contributed by atoms with Gasteiger partial charge in [-0.3, -0.25) is 10.1 Å². The van der Waals surface area contributed by atoms with E-state index in [4.69, 9.17) is 4.42 Å². The topological polar surface area (TPSA) is 69.2 Å². The second kappa shape index (κ2) is 5.36. The maximum Gasteiger partial charge on any atom is 0.273 e. The molecule has 0 bridgehead atoms. The minimum atomic E-state index is -0.350. The van der Waals surface area contributed by atoms with Crippen LogP contribution in [0, 0.1) is 10.1 Å². The van der Waals surface area contributed by atoms with Crippen LogP contribution in [-0.2, 0) is 6.42 Å². The molecule has 5 nitrogen and oxygen atoms in total. The normalized spacial score (nSPS) is 10.9. The number of hydrogen-bond donors (Lipinski definition) is 0. The second-order valence-electron chi connectivity index (χ2n) is 4.84. The van der Waals surface area contributed by atoms with E-state index in [1.165, 1.54) is 6.07 Å². The van der Waals surface area contributed by atoms with Crippen molar-refractivity contribution in [2.75, 3.05) is 0 Å². The van der Waals surface area contributed by atoms with Crippen LogP contribution >= 0.6 is 0 Å². The minimum Gasteiger partial charge on any atom is -0.436 e. The zero-order valence-corrected chi connectivity index (χ0v) is 11.6. The Kier molecular flexibility index (Phi) is 3.39. The van der Waals surface area contributed by atoms with E-state index in [2.05, 4.69) is 4.98 Å². The van der Waals surface area contributed by atoms with E-state index in [9.17, 15) is 10.1 Å². The van der Waals surface area contributed by atoms with Gasteiger partial charge in [-0.15, -0.1) is 0 Å². The van der Waals surface area contributed by atoms with Crippen molar-refractivity contribution in [2.45, 2.75) is 19.8 Å². The lowest BCUT2D eigenvalue weighted by Crippen LogP contribution is -1.96. The molecule has 0 atom stereocenters. The maximum atomic E-state index is 11.2. The number of para-hydroxylation sites is 2. The van der Waals surface area contributed by atoms with Crippen molar-refractivity contribution in [2.24, 2.45) is 0 Å². The Morgan fingerprint density at radius 1 is 1.24 bits per heavy atom. The first-order valence-corrected chi connectivity index (χ1v) is 6.82. The van der Waals surface area contributed by atoms with E-state index in [-0.39, 0.29) is 10.6 Å². The average Bonchev–Trinajstić information content (AvgIpc) is 2.91. The predicted molar refractivity (Wildman–Crippen MR) is 80.1 cm³/mol. The number of rotatable bonds is 4. The lowest BCUT2D eigenvalue weighted by molar-refractivity contribution is -0.385. The van der Waals surface area contributed by atoms with Crippen LogP contribution in [-0.4, -0.2) is 9.91 Å². The Hall–Kier alpha value is -2.69. The van der Waals surface area contributed by atoms with Crippen LogP contribution in [0.15, 0.2) is 46.9 Å². The van der Waals surface area contributed by atoms with Crippen LogP contribution < -0.4 is 0 Å². The summed E-state index contributed by atoms with van der Waals surface area (Å²) in [6.45, 7) is 2.00. The van der Waals surface area contributed by atoms with Gasteiger partial charge in [0.2, 0.25) is 5.89 Å². The van der Waals surface area contributed by atoms with Crippen molar-refractivity contribution >= 4 is 16.8 Å². The van der Waals surface area contributed by atoms with Gasteiger partial charge in [0, 0.05) is 17.2 Å². The largest absolute Gasteiger partial charge is 0.436 e. The molecule has 21 heavy (non-hydrogen) atoms. The molecule has 0 aliphatic heterocycles. The fourth-order valence-corrected chi connectivity index (χ4v) is 2.34. The van der Waals surface area contributed by atoms with Crippen molar-refractivity contribution in [1.29, 1.82) is 0 Å². The predicted octanol–water partition coefficient (Wildman–Crippen LogP) is 4.36. The van der Waals surface area contributed by atoms with Crippen molar-refractivity contribution in [3.8, 4) is 11.5 Å². The van der Waals surface area contributed by atoms with Gasteiger partial charge in [0.05, 0.1) is 4.92 Å². The third kappa shape index (κ3) is 2.50. The molecule has 0 saturated carbocycles. The van der Waals surface area contributed by atoms with Gasteiger partial charge in [-0.25, -0.2) is 4.98 Å². The molecule has 3 aromatic rings. The van der Waals surface area contributed by atoms with E-state index in [1.54, 1.807) is 6.07 Å². The molecule has 106 valence electrons. The Morgan fingerprint density at radius 3 is 2.76 bits per heavy atom. The highest BCUT2D eigenvalue weighted by Crippen LogP contribution is 2.29. The van der Waals surface area contributed by atoms with Crippen LogP contribution in [0.1, 0.15) is 18.9 Å². The SMILES string of the molecule is CCCc1ccc(-c2nc3ccccc3o2)cc1[N+](=O)[O-]. The van der Waals surface area contributed by atoms with Crippen LogP contribution in [0.3, 0.4) is 0 Å². The van der Waals surface area contributed by atoms with Gasteiger partial charge in [-0.05, 0) is 24.6 Å². The summed E-state index contributed by atoms with van der Waals surface area (Å²) in [7, 11) is 0. The summed E-state index contributed by atoms with van der Waals surface area (Å²) in [5.41, 5.74) is 2.90. The number of nitro benzene ring substituents is 1. The lowest BCUT2D eigenvalue weighted by Gasteiger charge is -2.02. The monoisotopic (exact) mass is 282 g/mol. The first kappa shape index (κ1) is 13.3. The van der Waals surface area contributed by atoms with Gasteiger partial charge >= 0.3 is 0 Å². The van der Waals surface area contributed by atoms with E-state index >= 15 is 0 Å². The number of aryl methyl sites for hydroxylation is 1. The van der Waals surface area contributed by atoms with Crippen LogP contribution in [0.25, 0.3) is 22.6 Å². The van der Waals surface area contributed by atoms with Gasteiger partial charge < -0.3 is 4.42 Å². The number of oxazole rings is 1. The van der Waals surface area contributed by atoms with Crippen molar-refractivity contribution in [3.63, 3.8) is 0 Å². The second-order valence-corrected chi connectivity index (χ2v) is 4.84. The molecular formula is C16H14N2O3. The van der Waals surface area contributed by atoms with Gasteiger partial charge in [0.15, 0.2) is 5.58 Å². The number of nitro groups is 1. The van der Waals surface area contributed by atoms with E-state index in [0.717, 1.165) is 17.5 Å². The molecule has 2 aromatic carbocycles. The Morgan fingerprint density at radius 2 is 2.05 bits per heavy atom. The first-order valence-electron chi connectivity index (χ1n) is 6.82. The Labute approximate surface area is 121 Å². The van der Waals surface area contributed by atoms with Crippen LogP contribution in [0.5, 0.6) is 0 Å². The molecule has 0 aliphatic rings. The van der Waals surface area contributed by atoms with Crippen LogP contribution in [0.2, 0.25) is 0 Å². The average molecular weight is 282 g/mol. The molecule has 0 saturated heterocycles. The van der Waals surface area contributed by atoms with Gasteiger partial charge in [0.1, 0.15) is 5.52 Å². The molecule has 0 fully saturated rings. The molecule has 0 unspecified atom stereocenters. The smallest absolute Gasteiger partial charge is 0.273 e. The van der Waals surface area contributed by atoms with Gasteiger partial charge in [0.25, 0.3) is 5.69 Å². The lowest BCUT2D eigenvalue weighted by atomic mass is 10.1. The molecule has 1 heterocycles. The first-order chi connectivity index (χ1) is 10.2. The van der Waals surface area contributed by atoms with Gasteiger partial charge in [-0.2, -0.15) is 0 Å². The van der Waals surface area contributed by atoms with Crippen molar-refractivity contribution in [3.05, 3.63) is 58.1 Å². The Bertz CT molecular complexity index is 775. The van der Waals surface area contributed by atoms with Crippen LogP contribution in [0.4, 0.5) is 5.69 Å². The van der Waals surface area contributed by atoms with Gasteiger partial charge in [-0.1, -0.05) is 31.5 Å². The fraction of sp³-hybridized carbons (Fsp3) is 0.188. The summed E-state index contributed by atoms with van der Waals surface area (Å²) >= 11 is 0. The van der Waals surface area contributed by atoms with Crippen molar-refractivity contribution in [1.82, 2.24) is 4.98 Å². The highest BCUT2D eigenvalue weighted by molar-refractivity contribution is 5.76. The maximum absolute atomic E-state index is 11.2. The number of nitrogens with zero attached hydrogens (tertiary/aromatic N) is 2. The molecule has 1 aromatic heterocycles. The molecule has 5 heteroatoms. The summed E-state index contributed by atoms with van der Waals surface area (Å²) < 4.78 is 5.65. The summed E-state index contributed by atoms with van der Waals surface area (Å²) in [5.74, 6) is 0.405. The molecule has 0 aliphatic carbocycles. The summed E-state index contributed by atoms with van der Waals surface area (Å²) in [4.78, 5) is 15.2. The molecule has 0 radical (unpaired) electrons. The molecule has 3 rings (SSSR count). The summed E-state index contributed by atoms with van der Waals surface area (Å²) in [5, 5.41) is 11.2. The van der Waals surface area contributed by atoms with Crippen molar-refractivity contribution < 1.29 is 9.34 Å². The highest BCUT2D eigenvalue weighted by atomic mass is 16.6. The molecule has 0 amide bonds. The minimum absolute atomic E-state index is 0.122. The van der Waals surface area contributed by atoms with E-state index in [0.29, 0.717) is 23.5 Å². The zero-order valence-electron chi connectivity index (χ0n) is 11.6. The number of aromatic nitrogens is 1. The number of benzene rings is 2. The summed E-state index contributed by atoms with van der Waals surface area (Å²) in [6.07, 6.45) is 1.55. The fourth-order valence-electron chi connectivity index (χ4n) is 2.34. The molecule has 0 N–H and O–H groups in total. The number of fused-ring (bicyclic) bond motifs is 1. The third-order valence-electron chi connectivity index (χ3n) is 3.34. The molecule has 0 spiro atoms. The summed E-state index contributed by atoms with van der Waals surface area (Å²) in [6, 6.07) is 12.6. The highest BCUT2D eigenvalue weighted by Gasteiger charge is 2.17.